The van der Waals surface area contributed by atoms with Crippen molar-refractivity contribution in [2.45, 2.75) is 6.18 Å². The van der Waals surface area contributed by atoms with Gasteiger partial charge in [-0.15, -0.1) is 0 Å². The van der Waals surface area contributed by atoms with Crippen molar-refractivity contribution in [2.75, 3.05) is 0 Å². The van der Waals surface area contributed by atoms with Gasteiger partial charge in [-0.3, -0.25) is 9.59 Å². The molecule has 2 aromatic carbocycles. The lowest BCUT2D eigenvalue weighted by Crippen LogP contribution is -2.28. The van der Waals surface area contributed by atoms with Crippen molar-refractivity contribution < 1.29 is 27.9 Å². The summed E-state index contributed by atoms with van der Waals surface area (Å²) >= 11 is 3.11. The van der Waals surface area contributed by atoms with Crippen LogP contribution in [-0.2, 0) is 4.79 Å². The molecule has 0 saturated carbocycles. The number of halogens is 4. The van der Waals surface area contributed by atoms with E-state index in [9.17, 15) is 27.9 Å². The van der Waals surface area contributed by atoms with Crippen LogP contribution in [0.3, 0.4) is 0 Å². The van der Waals surface area contributed by atoms with Crippen molar-refractivity contribution in [1.29, 1.82) is 0 Å². The molecule has 0 heterocycles. The summed E-state index contributed by atoms with van der Waals surface area (Å²) in [5.41, 5.74) is -1.21. The van der Waals surface area contributed by atoms with Crippen LogP contribution in [0.4, 0.5) is 13.2 Å². The summed E-state index contributed by atoms with van der Waals surface area (Å²) in [7, 11) is 0. The highest BCUT2D eigenvalue weighted by Gasteiger charge is 2.43. The first-order chi connectivity index (χ1) is 11.2. The quantitative estimate of drug-likeness (QED) is 0.355. The van der Waals surface area contributed by atoms with E-state index < -0.39 is 23.3 Å². The molecule has 124 valence electrons. The van der Waals surface area contributed by atoms with Crippen LogP contribution in [0.1, 0.15) is 15.9 Å². The molecule has 0 aliphatic rings. The monoisotopic (exact) mass is 398 g/mol. The fourth-order valence-electron chi connectivity index (χ4n) is 1.93. The lowest BCUT2D eigenvalue weighted by atomic mass is 9.97. The number of ketones is 2. The fraction of sp³-hybridized carbons (Fsp3) is 0.0588. The molecular formula is C17H10BrF3O3. The second-order valence-electron chi connectivity index (χ2n) is 4.78. The van der Waals surface area contributed by atoms with E-state index in [4.69, 9.17) is 0 Å². The number of allylic oxidation sites excluding steroid dienone is 1. The van der Waals surface area contributed by atoms with Crippen molar-refractivity contribution in [1.82, 2.24) is 0 Å². The molecule has 0 bridgehead atoms. The third kappa shape index (κ3) is 4.11. The van der Waals surface area contributed by atoms with Gasteiger partial charge in [-0.25, -0.2) is 0 Å². The van der Waals surface area contributed by atoms with E-state index in [1.54, 1.807) is 6.07 Å². The van der Waals surface area contributed by atoms with Crippen molar-refractivity contribution >= 4 is 33.6 Å². The Balaban J connectivity index is 2.59. The molecule has 24 heavy (non-hydrogen) atoms. The lowest BCUT2D eigenvalue weighted by Gasteiger charge is -2.10. The van der Waals surface area contributed by atoms with Gasteiger partial charge in [-0.05, 0) is 24.3 Å². The molecule has 0 aromatic heterocycles. The highest BCUT2D eigenvalue weighted by Crippen LogP contribution is 2.28. The predicted molar refractivity (Wildman–Crippen MR) is 85.6 cm³/mol. The van der Waals surface area contributed by atoms with Crippen molar-refractivity contribution in [3.63, 3.8) is 0 Å². The van der Waals surface area contributed by atoms with E-state index in [1.807, 2.05) is 0 Å². The molecule has 0 saturated heterocycles. The van der Waals surface area contributed by atoms with E-state index in [2.05, 4.69) is 15.9 Å². The van der Waals surface area contributed by atoms with Gasteiger partial charge in [0.15, 0.2) is 5.78 Å². The second-order valence-corrected chi connectivity index (χ2v) is 5.70. The number of carbonyl (C=O) groups is 2. The molecule has 0 unspecified atom stereocenters. The number of benzene rings is 2. The van der Waals surface area contributed by atoms with Crippen molar-refractivity contribution in [3.05, 3.63) is 69.7 Å². The Bertz CT molecular complexity index is 812. The van der Waals surface area contributed by atoms with Crippen LogP contribution in [0, 0.1) is 0 Å². The zero-order valence-electron chi connectivity index (χ0n) is 12.0. The Labute approximate surface area is 143 Å². The standard InChI is InChI=1S/C17H10BrF3O3/c18-12-6-7-14(22)11(8-12)9-13(16(24)17(19,20)21)15(23)10-4-2-1-3-5-10/h1-9,22H. The fourth-order valence-corrected chi connectivity index (χ4v) is 2.31. The van der Waals surface area contributed by atoms with Gasteiger partial charge in [0, 0.05) is 15.6 Å². The summed E-state index contributed by atoms with van der Waals surface area (Å²) in [5.74, 6) is -3.69. The first-order valence-electron chi connectivity index (χ1n) is 6.61. The van der Waals surface area contributed by atoms with Crippen LogP contribution in [0.15, 0.2) is 58.6 Å². The number of phenols is 1. The molecule has 7 heteroatoms. The maximum absolute atomic E-state index is 12.8. The minimum atomic E-state index is -5.21. The summed E-state index contributed by atoms with van der Waals surface area (Å²) in [6.07, 6.45) is -4.47. The van der Waals surface area contributed by atoms with E-state index in [-0.39, 0.29) is 16.9 Å². The molecule has 0 radical (unpaired) electrons. The Morgan fingerprint density at radius 2 is 1.67 bits per heavy atom. The molecule has 2 rings (SSSR count). The molecule has 0 spiro atoms. The average Bonchev–Trinajstić information content (AvgIpc) is 2.54. The first-order valence-corrected chi connectivity index (χ1v) is 7.41. The van der Waals surface area contributed by atoms with Gasteiger partial charge in [0.25, 0.3) is 5.78 Å². The Morgan fingerprint density at radius 3 is 2.25 bits per heavy atom. The Morgan fingerprint density at radius 1 is 1.04 bits per heavy atom. The minimum absolute atomic E-state index is 0.0594. The van der Waals surface area contributed by atoms with Gasteiger partial charge in [-0.1, -0.05) is 46.3 Å². The maximum atomic E-state index is 12.8. The van der Waals surface area contributed by atoms with E-state index in [0.29, 0.717) is 4.47 Å². The van der Waals surface area contributed by atoms with Crippen LogP contribution >= 0.6 is 15.9 Å². The van der Waals surface area contributed by atoms with Gasteiger partial charge < -0.3 is 5.11 Å². The molecule has 0 aliphatic heterocycles. The van der Waals surface area contributed by atoms with E-state index in [0.717, 1.165) is 6.08 Å². The molecule has 0 fully saturated rings. The number of aromatic hydroxyl groups is 1. The molecule has 0 aliphatic carbocycles. The first kappa shape index (κ1) is 17.9. The molecule has 2 aromatic rings. The number of hydrogen-bond donors (Lipinski definition) is 1. The summed E-state index contributed by atoms with van der Waals surface area (Å²) in [4.78, 5) is 24.0. The smallest absolute Gasteiger partial charge is 0.455 e. The minimum Gasteiger partial charge on any atom is -0.507 e. The number of alkyl halides is 3. The highest BCUT2D eigenvalue weighted by molar-refractivity contribution is 9.10. The third-order valence-electron chi connectivity index (χ3n) is 3.07. The summed E-state index contributed by atoms with van der Waals surface area (Å²) in [6.45, 7) is 0. The van der Waals surface area contributed by atoms with Crippen LogP contribution in [0.2, 0.25) is 0 Å². The lowest BCUT2D eigenvalue weighted by molar-refractivity contribution is -0.166. The number of hydrogen-bond acceptors (Lipinski definition) is 3. The average molecular weight is 399 g/mol. The van der Waals surface area contributed by atoms with Crippen LogP contribution in [-0.4, -0.2) is 22.8 Å². The van der Waals surface area contributed by atoms with Gasteiger partial charge in [0.2, 0.25) is 0 Å². The van der Waals surface area contributed by atoms with Gasteiger partial charge >= 0.3 is 6.18 Å². The molecule has 0 amide bonds. The number of Topliss-reactive ketones (excluding diaryl/α,β-unsaturated/α-hetero) is 2. The van der Waals surface area contributed by atoms with E-state index in [1.165, 1.54) is 42.5 Å². The summed E-state index contributed by atoms with van der Waals surface area (Å²) in [6, 6.07) is 11.2. The van der Waals surface area contributed by atoms with Crippen molar-refractivity contribution in [3.8, 4) is 5.75 Å². The highest BCUT2D eigenvalue weighted by atomic mass is 79.9. The molecular weight excluding hydrogens is 389 g/mol. The number of rotatable bonds is 4. The van der Waals surface area contributed by atoms with Crippen molar-refractivity contribution in [2.24, 2.45) is 0 Å². The molecule has 3 nitrogen and oxygen atoms in total. The number of phenolic OH excluding ortho intramolecular Hbond substituents is 1. The third-order valence-corrected chi connectivity index (χ3v) is 3.57. The second kappa shape index (κ2) is 7.00. The summed E-state index contributed by atoms with van der Waals surface area (Å²) in [5, 5.41) is 9.75. The molecule has 0 atom stereocenters. The predicted octanol–water partition coefficient (Wildman–Crippen LogP) is 4.55. The zero-order valence-corrected chi connectivity index (χ0v) is 13.6. The SMILES string of the molecule is O=C(C(=Cc1cc(Br)ccc1O)C(=O)C(F)(F)F)c1ccccc1. The normalized spacial score (nSPS) is 12.1. The Hall–Kier alpha value is -2.41. The van der Waals surface area contributed by atoms with Gasteiger partial charge in [0.1, 0.15) is 5.75 Å². The summed E-state index contributed by atoms with van der Waals surface area (Å²) < 4.78 is 39.0. The van der Waals surface area contributed by atoms with Crippen LogP contribution < -0.4 is 0 Å². The van der Waals surface area contributed by atoms with Gasteiger partial charge in [-0.2, -0.15) is 13.2 Å². The van der Waals surface area contributed by atoms with Crippen LogP contribution in [0.5, 0.6) is 5.75 Å². The number of carbonyl (C=O) groups excluding carboxylic acids is 2. The van der Waals surface area contributed by atoms with Crippen LogP contribution in [0.25, 0.3) is 6.08 Å². The Kier molecular flexibility index (Phi) is 5.23. The largest absolute Gasteiger partial charge is 0.507 e. The van der Waals surface area contributed by atoms with E-state index >= 15 is 0 Å². The zero-order chi connectivity index (χ0) is 17.9. The topological polar surface area (TPSA) is 54.4 Å². The maximum Gasteiger partial charge on any atom is 0.455 e. The van der Waals surface area contributed by atoms with Gasteiger partial charge in [0.05, 0.1) is 5.57 Å². The molecule has 1 N–H and O–H groups in total.